The molecule has 0 unspecified atom stereocenters. The molecule has 3 nitrogen and oxygen atoms in total. The number of carbonyl (C=O) groups excluding carboxylic acids is 1. The molecule has 1 fully saturated rings. The third-order valence-corrected chi connectivity index (χ3v) is 3.08. The van der Waals surface area contributed by atoms with Crippen molar-refractivity contribution in [3.05, 3.63) is 12.2 Å². The minimum Gasteiger partial charge on any atom is -0.466 e. The van der Waals surface area contributed by atoms with Crippen LogP contribution in [0.2, 0.25) is 0 Å². The molecule has 72 valence electrons. The summed E-state index contributed by atoms with van der Waals surface area (Å²) in [5.41, 5.74) is 5.94. The smallest absolute Gasteiger partial charge is 0.311 e. The van der Waals surface area contributed by atoms with Crippen LogP contribution in [0.4, 0.5) is 0 Å². The molecule has 4 atom stereocenters. The predicted molar refractivity (Wildman–Crippen MR) is 48.8 cm³/mol. The van der Waals surface area contributed by atoms with E-state index >= 15 is 0 Å². The summed E-state index contributed by atoms with van der Waals surface area (Å²) in [6.07, 6.45) is 5.27. The van der Waals surface area contributed by atoms with E-state index in [9.17, 15) is 4.79 Å². The number of esters is 1. The van der Waals surface area contributed by atoms with Gasteiger partial charge in [-0.1, -0.05) is 12.2 Å². The van der Waals surface area contributed by atoms with Crippen LogP contribution >= 0.6 is 0 Å². The van der Waals surface area contributed by atoms with E-state index in [1.807, 2.05) is 6.92 Å². The summed E-state index contributed by atoms with van der Waals surface area (Å²) < 4.78 is 5.00. The van der Waals surface area contributed by atoms with E-state index in [4.69, 9.17) is 10.5 Å². The van der Waals surface area contributed by atoms with Crippen molar-refractivity contribution in [1.82, 2.24) is 0 Å². The molecule has 0 amide bonds. The van der Waals surface area contributed by atoms with Crippen LogP contribution < -0.4 is 5.73 Å². The molecule has 2 aliphatic carbocycles. The molecule has 0 aromatic heterocycles. The van der Waals surface area contributed by atoms with Gasteiger partial charge in [0.1, 0.15) is 0 Å². The lowest BCUT2D eigenvalue weighted by molar-refractivity contribution is -0.149. The third kappa shape index (κ3) is 1.27. The molecule has 0 saturated heterocycles. The minimum absolute atomic E-state index is 0.0194. The highest BCUT2D eigenvalue weighted by Gasteiger charge is 2.46. The fourth-order valence-electron chi connectivity index (χ4n) is 2.43. The van der Waals surface area contributed by atoms with Crippen LogP contribution in [0.15, 0.2) is 12.2 Å². The second-order valence-corrected chi connectivity index (χ2v) is 3.80. The van der Waals surface area contributed by atoms with Gasteiger partial charge >= 0.3 is 5.97 Å². The maximum absolute atomic E-state index is 11.5. The van der Waals surface area contributed by atoms with E-state index in [2.05, 4.69) is 12.2 Å². The minimum atomic E-state index is -0.119. The quantitative estimate of drug-likeness (QED) is 0.504. The van der Waals surface area contributed by atoms with Gasteiger partial charge in [-0.2, -0.15) is 0 Å². The Balaban J connectivity index is 2.08. The molecule has 2 rings (SSSR count). The van der Waals surface area contributed by atoms with Crippen molar-refractivity contribution in [1.29, 1.82) is 0 Å². The number of ether oxygens (including phenoxy) is 1. The van der Waals surface area contributed by atoms with Crippen molar-refractivity contribution in [2.75, 3.05) is 6.61 Å². The van der Waals surface area contributed by atoms with Crippen molar-refractivity contribution in [3.63, 3.8) is 0 Å². The fourth-order valence-corrected chi connectivity index (χ4v) is 2.43. The molecule has 2 aliphatic rings. The Bertz CT molecular complexity index is 249. The molecular weight excluding hydrogens is 166 g/mol. The van der Waals surface area contributed by atoms with Crippen molar-refractivity contribution >= 4 is 5.97 Å². The number of hydrogen-bond acceptors (Lipinski definition) is 3. The van der Waals surface area contributed by atoms with E-state index in [1.54, 1.807) is 0 Å². The van der Waals surface area contributed by atoms with Gasteiger partial charge in [-0.25, -0.2) is 0 Å². The molecule has 2 N–H and O–H groups in total. The van der Waals surface area contributed by atoms with Gasteiger partial charge in [-0.15, -0.1) is 0 Å². The van der Waals surface area contributed by atoms with Crippen LogP contribution in [0.25, 0.3) is 0 Å². The highest BCUT2D eigenvalue weighted by atomic mass is 16.5. The summed E-state index contributed by atoms with van der Waals surface area (Å²) >= 11 is 0. The van der Waals surface area contributed by atoms with Crippen molar-refractivity contribution in [2.45, 2.75) is 19.4 Å². The van der Waals surface area contributed by atoms with Gasteiger partial charge in [0.25, 0.3) is 0 Å². The molecule has 3 heteroatoms. The van der Waals surface area contributed by atoms with Crippen LogP contribution in [0.3, 0.4) is 0 Å². The maximum atomic E-state index is 11.5. The molecule has 1 saturated carbocycles. The summed E-state index contributed by atoms with van der Waals surface area (Å²) in [5.74, 6) is 0.528. The summed E-state index contributed by atoms with van der Waals surface area (Å²) in [5, 5.41) is 0. The average Bonchev–Trinajstić information content (AvgIpc) is 2.63. The highest BCUT2D eigenvalue weighted by Crippen LogP contribution is 2.43. The first-order valence-electron chi connectivity index (χ1n) is 4.84. The fraction of sp³-hybridized carbons (Fsp3) is 0.700. The molecule has 0 aliphatic heterocycles. The summed E-state index contributed by atoms with van der Waals surface area (Å²) in [7, 11) is 0. The van der Waals surface area contributed by atoms with Gasteiger partial charge in [-0.05, 0) is 25.2 Å². The van der Waals surface area contributed by atoms with Crippen LogP contribution in [-0.4, -0.2) is 18.6 Å². The number of rotatable bonds is 2. The van der Waals surface area contributed by atoms with Crippen LogP contribution in [0, 0.1) is 17.8 Å². The van der Waals surface area contributed by atoms with E-state index in [0.29, 0.717) is 18.4 Å². The lowest BCUT2D eigenvalue weighted by Gasteiger charge is -2.22. The molecule has 13 heavy (non-hydrogen) atoms. The zero-order chi connectivity index (χ0) is 9.42. The molecule has 0 radical (unpaired) electrons. The van der Waals surface area contributed by atoms with Gasteiger partial charge in [0.2, 0.25) is 0 Å². The standard InChI is InChI=1S/C10H15NO2/c1-2-13-10(12)8-6-3-4-7(5-6)9(8)11/h3-4,6-9H,2,5,11H2,1H3/t6-,7+,8+,9-/m1/s1. The lowest BCUT2D eigenvalue weighted by atomic mass is 9.90. The van der Waals surface area contributed by atoms with Crippen LogP contribution in [0.5, 0.6) is 0 Å². The number of allylic oxidation sites excluding steroid dienone is 1. The number of carbonyl (C=O) groups is 1. The zero-order valence-electron chi connectivity index (χ0n) is 7.77. The maximum Gasteiger partial charge on any atom is 0.311 e. The first-order valence-corrected chi connectivity index (χ1v) is 4.84. The van der Waals surface area contributed by atoms with Gasteiger partial charge in [0.05, 0.1) is 12.5 Å². The first kappa shape index (κ1) is 8.75. The average molecular weight is 181 g/mol. The Morgan fingerprint density at radius 1 is 1.54 bits per heavy atom. The Hall–Kier alpha value is -0.830. The monoisotopic (exact) mass is 181 g/mol. The van der Waals surface area contributed by atoms with Crippen molar-refractivity contribution in [2.24, 2.45) is 23.5 Å². The third-order valence-electron chi connectivity index (χ3n) is 3.08. The van der Waals surface area contributed by atoms with E-state index in [0.717, 1.165) is 6.42 Å². The summed E-state index contributed by atoms with van der Waals surface area (Å²) in [6, 6.07) is -0.0194. The van der Waals surface area contributed by atoms with Gasteiger partial charge in [0.15, 0.2) is 0 Å². The SMILES string of the molecule is CCOC(=O)[C@@H]1[C@H](N)[C@H]2C=C[C@@H]1C2. The highest BCUT2D eigenvalue weighted by molar-refractivity contribution is 5.75. The second-order valence-electron chi connectivity index (χ2n) is 3.80. The van der Waals surface area contributed by atoms with E-state index in [1.165, 1.54) is 0 Å². The Kier molecular flexibility index (Phi) is 2.12. The Labute approximate surface area is 77.9 Å². The molecular formula is C10H15NO2. The number of fused-ring (bicyclic) bond motifs is 2. The van der Waals surface area contributed by atoms with Crippen LogP contribution in [-0.2, 0) is 9.53 Å². The topological polar surface area (TPSA) is 52.3 Å². The summed E-state index contributed by atoms with van der Waals surface area (Å²) in [6.45, 7) is 2.27. The molecule has 0 aromatic rings. The van der Waals surface area contributed by atoms with Crippen molar-refractivity contribution < 1.29 is 9.53 Å². The molecule has 0 spiro atoms. The predicted octanol–water partition coefficient (Wildman–Crippen LogP) is 0.699. The summed E-state index contributed by atoms with van der Waals surface area (Å²) in [4.78, 5) is 11.5. The van der Waals surface area contributed by atoms with Gasteiger partial charge in [0, 0.05) is 6.04 Å². The molecule has 0 heterocycles. The van der Waals surface area contributed by atoms with E-state index in [-0.39, 0.29) is 17.9 Å². The Morgan fingerprint density at radius 3 is 2.77 bits per heavy atom. The van der Waals surface area contributed by atoms with Gasteiger partial charge < -0.3 is 10.5 Å². The van der Waals surface area contributed by atoms with Gasteiger partial charge in [-0.3, -0.25) is 4.79 Å². The van der Waals surface area contributed by atoms with E-state index < -0.39 is 0 Å². The number of nitrogens with two attached hydrogens (primary N) is 1. The zero-order valence-corrected chi connectivity index (χ0v) is 7.77. The molecule has 2 bridgehead atoms. The largest absolute Gasteiger partial charge is 0.466 e. The van der Waals surface area contributed by atoms with Crippen molar-refractivity contribution in [3.8, 4) is 0 Å². The van der Waals surface area contributed by atoms with Crippen LogP contribution in [0.1, 0.15) is 13.3 Å². The molecule has 0 aromatic carbocycles. The first-order chi connectivity index (χ1) is 6.24. The number of hydrogen-bond donors (Lipinski definition) is 1. The normalized spacial score (nSPS) is 41.1. The lowest BCUT2D eigenvalue weighted by Crippen LogP contribution is -2.39. The Morgan fingerprint density at radius 2 is 2.23 bits per heavy atom. The second kappa shape index (κ2) is 3.14.